The number of halogens is 1. The normalized spacial score (nSPS) is 9.50. The first-order chi connectivity index (χ1) is 7.78. The second-order valence-corrected chi connectivity index (χ2v) is 3.23. The van der Waals surface area contributed by atoms with Gasteiger partial charge in [0.15, 0.2) is 0 Å². The molecule has 0 aliphatic rings. The van der Waals surface area contributed by atoms with Crippen molar-refractivity contribution in [1.29, 1.82) is 0 Å². The van der Waals surface area contributed by atoms with Gasteiger partial charge < -0.3 is 4.74 Å². The Bertz CT molecular complexity index is 523. The lowest BCUT2D eigenvalue weighted by Gasteiger charge is -2.05. The van der Waals surface area contributed by atoms with Gasteiger partial charge in [-0.3, -0.25) is 0 Å². The van der Waals surface area contributed by atoms with E-state index in [2.05, 4.69) is 5.92 Å². The summed E-state index contributed by atoms with van der Waals surface area (Å²) in [6, 6.07) is 13.0. The van der Waals surface area contributed by atoms with Crippen LogP contribution in [-0.2, 0) is 0 Å². The molecular formula is C14H9FO. The number of benzene rings is 2. The summed E-state index contributed by atoms with van der Waals surface area (Å²) in [4.78, 5) is 0. The van der Waals surface area contributed by atoms with Crippen LogP contribution in [-0.4, -0.2) is 0 Å². The molecule has 0 spiro atoms. The zero-order chi connectivity index (χ0) is 11.4. The smallest absolute Gasteiger partial charge is 0.130 e. The highest BCUT2D eigenvalue weighted by Gasteiger charge is 1.98. The summed E-state index contributed by atoms with van der Waals surface area (Å²) in [5, 5.41) is 0. The Balaban J connectivity index is 2.18. The van der Waals surface area contributed by atoms with E-state index in [1.54, 1.807) is 36.4 Å². The summed E-state index contributed by atoms with van der Waals surface area (Å²) in [7, 11) is 0. The number of hydrogen-bond acceptors (Lipinski definition) is 1. The summed E-state index contributed by atoms with van der Waals surface area (Å²) in [5.41, 5.74) is 0.784. The molecule has 0 radical (unpaired) electrons. The summed E-state index contributed by atoms with van der Waals surface area (Å²) < 4.78 is 18.3. The zero-order valence-corrected chi connectivity index (χ0v) is 8.48. The maximum Gasteiger partial charge on any atom is 0.130 e. The fourth-order valence-electron chi connectivity index (χ4n) is 1.29. The molecule has 78 valence electrons. The molecule has 2 aromatic carbocycles. The number of terminal acetylenes is 1. The molecule has 2 rings (SSSR count). The Hall–Kier alpha value is -2.27. The van der Waals surface area contributed by atoms with Crippen molar-refractivity contribution in [2.24, 2.45) is 0 Å². The zero-order valence-electron chi connectivity index (χ0n) is 8.48. The van der Waals surface area contributed by atoms with Gasteiger partial charge in [-0.2, -0.15) is 0 Å². The Kier molecular flexibility index (Phi) is 2.88. The van der Waals surface area contributed by atoms with Gasteiger partial charge in [-0.1, -0.05) is 12.0 Å². The van der Waals surface area contributed by atoms with Gasteiger partial charge in [-0.05, 0) is 36.4 Å². The lowest BCUT2D eigenvalue weighted by molar-refractivity contribution is 0.477. The lowest BCUT2D eigenvalue weighted by atomic mass is 10.2. The van der Waals surface area contributed by atoms with Crippen molar-refractivity contribution < 1.29 is 9.13 Å². The quantitative estimate of drug-likeness (QED) is 0.691. The van der Waals surface area contributed by atoms with E-state index in [-0.39, 0.29) is 5.82 Å². The third kappa shape index (κ3) is 2.40. The summed E-state index contributed by atoms with van der Waals surface area (Å²) in [6.45, 7) is 0. The molecule has 0 saturated heterocycles. The van der Waals surface area contributed by atoms with Gasteiger partial charge in [0.1, 0.15) is 17.3 Å². The second-order valence-electron chi connectivity index (χ2n) is 3.23. The fraction of sp³-hybridized carbons (Fsp3) is 0. The van der Waals surface area contributed by atoms with Crippen LogP contribution in [0.5, 0.6) is 11.5 Å². The van der Waals surface area contributed by atoms with Crippen LogP contribution < -0.4 is 4.74 Å². The van der Waals surface area contributed by atoms with Gasteiger partial charge in [0, 0.05) is 11.6 Å². The molecule has 0 saturated carbocycles. The third-order valence-electron chi connectivity index (χ3n) is 2.05. The molecule has 1 nitrogen and oxygen atoms in total. The van der Waals surface area contributed by atoms with Crippen molar-refractivity contribution in [2.75, 3.05) is 0 Å². The molecule has 0 atom stereocenters. The molecule has 0 aliphatic heterocycles. The van der Waals surface area contributed by atoms with E-state index < -0.39 is 0 Å². The van der Waals surface area contributed by atoms with Gasteiger partial charge in [0.05, 0.1) is 0 Å². The minimum absolute atomic E-state index is 0.322. The van der Waals surface area contributed by atoms with Crippen LogP contribution in [0.4, 0.5) is 4.39 Å². The predicted octanol–water partition coefficient (Wildman–Crippen LogP) is 3.60. The van der Waals surface area contributed by atoms with Crippen LogP contribution >= 0.6 is 0 Å². The van der Waals surface area contributed by atoms with Gasteiger partial charge in [-0.15, -0.1) is 6.42 Å². The molecule has 0 aromatic heterocycles. The maximum atomic E-state index is 12.9. The van der Waals surface area contributed by atoms with Crippen molar-refractivity contribution in [2.45, 2.75) is 0 Å². The minimum Gasteiger partial charge on any atom is -0.457 e. The van der Waals surface area contributed by atoms with E-state index in [0.29, 0.717) is 11.5 Å². The largest absolute Gasteiger partial charge is 0.457 e. The number of rotatable bonds is 2. The van der Waals surface area contributed by atoms with Crippen LogP contribution in [0, 0.1) is 18.2 Å². The van der Waals surface area contributed by atoms with Gasteiger partial charge in [0.2, 0.25) is 0 Å². The standard InChI is InChI=1S/C14H9FO/c1-2-11-6-8-13(9-7-11)16-14-5-3-4-12(15)10-14/h1,3-10H. The first kappa shape index (κ1) is 10.3. The SMILES string of the molecule is C#Cc1ccc(Oc2cccc(F)c2)cc1. The van der Waals surface area contributed by atoms with Crippen LogP contribution in [0.1, 0.15) is 5.56 Å². The Morgan fingerprint density at radius 1 is 1.00 bits per heavy atom. The number of ether oxygens (including phenoxy) is 1. The Morgan fingerprint density at radius 2 is 1.75 bits per heavy atom. The third-order valence-corrected chi connectivity index (χ3v) is 2.05. The highest BCUT2D eigenvalue weighted by Crippen LogP contribution is 2.21. The lowest BCUT2D eigenvalue weighted by Crippen LogP contribution is -1.85. The number of hydrogen-bond donors (Lipinski definition) is 0. The van der Waals surface area contributed by atoms with Crippen molar-refractivity contribution >= 4 is 0 Å². The molecule has 0 bridgehead atoms. The molecule has 0 heterocycles. The summed E-state index contributed by atoms with van der Waals surface area (Å²) in [6.07, 6.45) is 5.23. The van der Waals surface area contributed by atoms with Crippen LogP contribution in [0.25, 0.3) is 0 Å². The van der Waals surface area contributed by atoms with E-state index in [9.17, 15) is 4.39 Å². The molecule has 0 amide bonds. The van der Waals surface area contributed by atoms with Crippen molar-refractivity contribution in [3.8, 4) is 23.8 Å². The Morgan fingerprint density at radius 3 is 2.38 bits per heavy atom. The van der Waals surface area contributed by atoms with Crippen LogP contribution in [0.3, 0.4) is 0 Å². The maximum absolute atomic E-state index is 12.9. The summed E-state index contributed by atoms with van der Waals surface area (Å²) in [5.74, 6) is 3.29. The van der Waals surface area contributed by atoms with E-state index in [4.69, 9.17) is 11.2 Å². The van der Waals surface area contributed by atoms with Crippen molar-refractivity contribution in [3.63, 3.8) is 0 Å². The van der Waals surface area contributed by atoms with E-state index in [0.717, 1.165) is 5.56 Å². The predicted molar refractivity (Wildman–Crippen MR) is 60.9 cm³/mol. The van der Waals surface area contributed by atoms with Gasteiger partial charge in [0.25, 0.3) is 0 Å². The molecule has 0 fully saturated rings. The van der Waals surface area contributed by atoms with Crippen LogP contribution in [0.2, 0.25) is 0 Å². The second kappa shape index (κ2) is 4.50. The molecule has 0 N–H and O–H groups in total. The van der Waals surface area contributed by atoms with E-state index >= 15 is 0 Å². The minimum atomic E-state index is -0.322. The van der Waals surface area contributed by atoms with Gasteiger partial charge >= 0.3 is 0 Å². The average molecular weight is 212 g/mol. The van der Waals surface area contributed by atoms with Crippen LogP contribution in [0.15, 0.2) is 48.5 Å². The molecule has 16 heavy (non-hydrogen) atoms. The van der Waals surface area contributed by atoms with E-state index in [1.165, 1.54) is 12.1 Å². The summed E-state index contributed by atoms with van der Waals surface area (Å²) >= 11 is 0. The topological polar surface area (TPSA) is 9.23 Å². The molecule has 2 aromatic rings. The monoisotopic (exact) mass is 212 g/mol. The first-order valence-electron chi connectivity index (χ1n) is 4.78. The average Bonchev–Trinajstić information content (AvgIpc) is 2.30. The Labute approximate surface area is 93.5 Å². The molecule has 0 aliphatic carbocycles. The molecular weight excluding hydrogens is 203 g/mol. The highest BCUT2D eigenvalue weighted by molar-refractivity contribution is 5.38. The molecule has 0 unspecified atom stereocenters. The first-order valence-corrected chi connectivity index (χ1v) is 4.78. The highest BCUT2D eigenvalue weighted by atomic mass is 19.1. The fourth-order valence-corrected chi connectivity index (χ4v) is 1.29. The van der Waals surface area contributed by atoms with Crippen molar-refractivity contribution in [1.82, 2.24) is 0 Å². The van der Waals surface area contributed by atoms with Gasteiger partial charge in [-0.25, -0.2) is 4.39 Å². The molecule has 2 heteroatoms. The van der Waals surface area contributed by atoms with Crippen molar-refractivity contribution in [3.05, 3.63) is 59.9 Å². The van der Waals surface area contributed by atoms with E-state index in [1.807, 2.05) is 0 Å².